The van der Waals surface area contributed by atoms with E-state index in [0.29, 0.717) is 11.3 Å². The van der Waals surface area contributed by atoms with Gasteiger partial charge in [-0.25, -0.2) is 8.42 Å². The minimum atomic E-state index is -3.65. The second-order valence-corrected chi connectivity index (χ2v) is 10.7. The standard InChI is InChI=1S/C25H31NO2S/c1-20-14-16-23(17-15-20)29(27,28)26-24-13-7-6-12-22(24)19-25(26,2)18-8-11-21-9-4-3-5-10-21/h6-8,12-18,21H,3-5,9-11,19H2,1-2H3/b18-8+. The van der Waals surface area contributed by atoms with Crippen molar-refractivity contribution in [2.45, 2.75) is 69.2 Å². The lowest BCUT2D eigenvalue weighted by Crippen LogP contribution is -2.46. The van der Waals surface area contributed by atoms with Gasteiger partial charge in [0.2, 0.25) is 0 Å². The van der Waals surface area contributed by atoms with E-state index in [9.17, 15) is 8.42 Å². The summed E-state index contributed by atoms with van der Waals surface area (Å²) in [4.78, 5) is 0.353. The van der Waals surface area contributed by atoms with Crippen LogP contribution < -0.4 is 4.31 Å². The van der Waals surface area contributed by atoms with Gasteiger partial charge in [0.1, 0.15) is 0 Å². The van der Waals surface area contributed by atoms with E-state index < -0.39 is 15.6 Å². The molecule has 0 spiro atoms. The summed E-state index contributed by atoms with van der Waals surface area (Å²) < 4.78 is 29.0. The first-order chi connectivity index (χ1) is 13.9. The minimum Gasteiger partial charge on any atom is -0.256 e. The fourth-order valence-electron chi connectivity index (χ4n) is 4.87. The first kappa shape index (κ1) is 20.2. The second kappa shape index (κ2) is 7.98. The number of para-hydroxylation sites is 1. The highest BCUT2D eigenvalue weighted by Gasteiger charge is 2.45. The normalized spacial score (nSPS) is 22.9. The second-order valence-electron chi connectivity index (χ2n) is 8.89. The Kier molecular flexibility index (Phi) is 5.56. The Morgan fingerprint density at radius 3 is 2.45 bits per heavy atom. The summed E-state index contributed by atoms with van der Waals surface area (Å²) in [5, 5.41) is 0. The maximum Gasteiger partial charge on any atom is 0.265 e. The monoisotopic (exact) mass is 409 g/mol. The molecule has 1 fully saturated rings. The topological polar surface area (TPSA) is 37.4 Å². The van der Waals surface area contributed by atoms with Crippen LogP contribution in [-0.2, 0) is 16.4 Å². The van der Waals surface area contributed by atoms with Gasteiger partial charge in [0, 0.05) is 6.42 Å². The van der Waals surface area contributed by atoms with Gasteiger partial charge in [-0.3, -0.25) is 4.31 Å². The molecule has 3 nitrogen and oxygen atoms in total. The predicted octanol–water partition coefficient (Wildman–Crippen LogP) is 6.03. The Bertz CT molecular complexity index is 988. The zero-order valence-electron chi connectivity index (χ0n) is 17.5. The molecule has 4 rings (SSSR count). The van der Waals surface area contributed by atoms with Crippen LogP contribution in [-0.4, -0.2) is 14.0 Å². The van der Waals surface area contributed by atoms with Crippen LogP contribution in [0.4, 0.5) is 5.69 Å². The highest BCUT2D eigenvalue weighted by atomic mass is 32.2. The van der Waals surface area contributed by atoms with Crippen LogP contribution in [0.5, 0.6) is 0 Å². The first-order valence-electron chi connectivity index (χ1n) is 10.8. The van der Waals surface area contributed by atoms with Crippen molar-refractivity contribution in [2.24, 2.45) is 5.92 Å². The van der Waals surface area contributed by atoms with Crippen LogP contribution in [0.3, 0.4) is 0 Å². The molecule has 0 saturated heterocycles. The molecule has 1 saturated carbocycles. The maximum absolute atomic E-state index is 13.7. The van der Waals surface area contributed by atoms with E-state index in [1.165, 1.54) is 32.1 Å². The van der Waals surface area contributed by atoms with Gasteiger partial charge in [-0.05, 0) is 49.9 Å². The molecule has 0 radical (unpaired) electrons. The summed E-state index contributed by atoms with van der Waals surface area (Å²) in [7, 11) is -3.65. The quantitative estimate of drug-likeness (QED) is 0.565. The highest BCUT2D eigenvalue weighted by molar-refractivity contribution is 7.93. The largest absolute Gasteiger partial charge is 0.265 e. The molecule has 1 aliphatic heterocycles. The number of hydrogen-bond donors (Lipinski definition) is 0. The molecule has 2 aromatic rings. The van der Waals surface area contributed by atoms with Gasteiger partial charge < -0.3 is 0 Å². The van der Waals surface area contributed by atoms with E-state index in [4.69, 9.17) is 0 Å². The number of sulfonamides is 1. The molecule has 154 valence electrons. The summed E-state index contributed by atoms with van der Waals surface area (Å²) in [6.45, 7) is 4.02. The van der Waals surface area contributed by atoms with Crippen molar-refractivity contribution in [3.63, 3.8) is 0 Å². The van der Waals surface area contributed by atoms with Crippen molar-refractivity contribution in [2.75, 3.05) is 4.31 Å². The number of anilines is 1. The Balaban J connectivity index is 1.68. The van der Waals surface area contributed by atoms with Crippen LogP contribution in [0.15, 0.2) is 65.6 Å². The minimum absolute atomic E-state index is 0.353. The van der Waals surface area contributed by atoms with Gasteiger partial charge in [-0.2, -0.15) is 0 Å². The fraction of sp³-hybridized carbons (Fsp3) is 0.440. The number of allylic oxidation sites excluding steroid dienone is 1. The van der Waals surface area contributed by atoms with E-state index >= 15 is 0 Å². The van der Waals surface area contributed by atoms with E-state index in [2.05, 4.69) is 19.1 Å². The number of fused-ring (bicyclic) bond motifs is 1. The Labute approximate surface area is 175 Å². The average Bonchev–Trinajstić information content (AvgIpc) is 3.01. The molecule has 0 N–H and O–H groups in total. The van der Waals surface area contributed by atoms with Crippen molar-refractivity contribution in [3.8, 4) is 0 Å². The van der Waals surface area contributed by atoms with Crippen LogP contribution in [0.25, 0.3) is 0 Å². The molecule has 1 aliphatic carbocycles. The number of rotatable bonds is 5. The Morgan fingerprint density at radius 1 is 1.03 bits per heavy atom. The Morgan fingerprint density at radius 2 is 1.72 bits per heavy atom. The van der Waals surface area contributed by atoms with Crippen LogP contribution in [0, 0.1) is 12.8 Å². The molecule has 1 atom stereocenters. The number of benzene rings is 2. The van der Waals surface area contributed by atoms with Crippen LogP contribution in [0.2, 0.25) is 0 Å². The lowest BCUT2D eigenvalue weighted by atomic mass is 9.86. The van der Waals surface area contributed by atoms with E-state index in [0.717, 1.165) is 29.2 Å². The molecular weight excluding hydrogens is 378 g/mol. The van der Waals surface area contributed by atoms with Crippen LogP contribution >= 0.6 is 0 Å². The maximum atomic E-state index is 13.7. The number of hydrogen-bond acceptors (Lipinski definition) is 2. The van der Waals surface area contributed by atoms with Crippen molar-refractivity contribution in [3.05, 3.63) is 71.8 Å². The predicted molar refractivity (Wildman–Crippen MR) is 120 cm³/mol. The van der Waals surface area contributed by atoms with E-state index in [1.807, 2.05) is 43.3 Å². The van der Waals surface area contributed by atoms with Crippen molar-refractivity contribution in [1.29, 1.82) is 0 Å². The van der Waals surface area contributed by atoms with E-state index in [-0.39, 0.29) is 0 Å². The SMILES string of the molecule is Cc1ccc(S(=O)(=O)N2c3ccccc3CC2(C)/C=C/CC2CCCCC2)cc1. The van der Waals surface area contributed by atoms with Crippen molar-refractivity contribution in [1.82, 2.24) is 0 Å². The molecule has 29 heavy (non-hydrogen) atoms. The van der Waals surface area contributed by atoms with Crippen LogP contribution in [0.1, 0.15) is 56.6 Å². The summed E-state index contributed by atoms with van der Waals surface area (Å²) in [5.74, 6) is 0.745. The molecule has 4 heteroatoms. The molecule has 2 aromatic carbocycles. The summed E-state index contributed by atoms with van der Waals surface area (Å²) in [6, 6.07) is 15.1. The van der Waals surface area contributed by atoms with Gasteiger partial charge in [0.05, 0.1) is 16.1 Å². The lowest BCUT2D eigenvalue weighted by Gasteiger charge is -2.34. The zero-order valence-corrected chi connectivity index (χ0v) is 18.3. The van der Waals surface area contributed by atoms with Gasteiger partial charge in [0.15, 0.2) is 0 Å². The molecule has 0 aromatic heterocycles. The molecule has 2 aliphatic rings. The van der Waals surface area contributed by atoms with Gasteiger partial charge in [-0.15, -0.1) is 0 Å². The highest BCUT2D eigenvalue weighted by Crippen LogP contribution is 2.43. The fourth-order valence-corrected chi connectivity index (χ4v) is 6.68. The molecule has 0 bridgehead atoms. The molecule has 1 heterocycles. The molecule has 0 amide bonds. The third kappa shape index (κ3) is 4.00. The van der Waals surface area contributed by atoms with Gasteiger partial charge in [-0.1, -0.05) is 80.2 Å². The average molecular weight is 410 g/mol. The lowest BCUT2D eigenvalue weighted by molar-refractivity contribution is 0.361. The number of nitrogens with zero attached hydrogens (tertiary/aromatic N) is 1. The third-order valence-corrected chi connectivity index (χ3v) is 8.42. The molecular formula is C25H31NO2S. The van der Waals surface area contributed by atoms with Gasteiger partial charge in [0.25, 0.3) is 10.0 Å². The smallest absolute Gasteiger partial charge is 0.256 e. The Hall–Kier alpha value is -2.07. The van der Waals surface area contributed by atoms with Crippen molar-refractivity contribution >= 4 is 15.7 Å². The van der Waals surface area contributed by atoms with Gasteiger partial charge >= 0.3 is 0 Å². The zero-order chi connectivity index (χ0) is 20.5. The first-order valence-corrected chi connectivity index (χ1v) is 12.2. The third-order valence-electron chi connectivity index (χ3n) is 6.45. The molecule has 1 unspecified atom stereocenters. The van der Waals surface area contributed by atoms with Crippen molar-refractivity contribution < 1.29 is 8.42 Å². The number of aryl methyl sites for hydroxylation is 1. The summed E-state index contributed by atoms with van der Waals surface area (Å²) in [5.41, 5.74) is 2.37. The van der Waals surface area contributed by atoms with E-state index in [1.54, 1.807) is 16.4 Å². The summed E-state index contributed by atoms with van der Waals surface area (Å²) in [6.07, 6.45) is 12.7. The summed E-state index contributed by atoms with van der Waals surface area (Å²) >= 11 is 0.